The van der Waals surface area contributed by atoms with E-state index in [-0.39, 0.29) is 25.4 Å². The Hall–Kier alpha value is -0.910. The number of carboxylic acid groups (broad SMARTS) is 2. The molecule has 5 unspecified atom stereocenters. The number of carboxylic acids is 2. The van der Waals surface area contributed by atoms with E-state index in [4.69, 9.17) is 9.84 Å². The minimum atomic E-state index is -3.83. The standard InChI is InChI=1S/C15H27O7P/c1-3-12(10(15(18)19)7-8-14(16)17)23(20,21)13(4-2)11-6-5-9-22-11/h10-13H,3-9H2,1-2H3,(H,16,17)(H,18,19)(H,20,21). The highest BCUT2D eigenvalue weighted by molar-refractivity contribution is 7.59. The molecule has 3 N–H and O–H groups in total. The van der Waals surface area contributed by atoms with Crippen molar-refractivity contribution in [2.45, 2.75) is 69.8 Å². The maximum atomic E-state index is 13.1. The lowest BCUT2D eigenvalue weighted by Gasteiger charge is -2.34. The molecule has 1 heterocycles. The van der Waals surface area contributed by atoms with Gasteiger partial charge in [0.05, 0.1) is 17.7 Å². The fraction of sp³-hybridized carbons (Fsp3) is 0.867. The predicted octanol–water partition coefficient (Wildman–Crippen LogP) is 2.56. The molecule has 0 radical (unpaired) electrons. The zero-order chi connectivity index (χ0) is 17.6. The summed E-state index contributed by atoms with van der Waals surface area (Å²) in [6.07, 6.45) is 1.39. The summed E-state index contributed by atoms with van der Waals surface area (Å²) >= 11 is 0. The molecule has 134 valence electrons. The van der Waals surface area contributed by atoms with Gasteiger partial charge in [-0.25, -0.2) is 0 Å². The molecule has 0 aromatic carbocycles. The third-order valence-electron chi connectivity index (χ3n) is 4.63. The van der Waals surface area contributed by atoms with Crippen molar-refractivity contribution in [2.24, 2.45) is 5.92 Å². The molecule has 0 spiro atoms. The Morgan fingerprint density at radius 3 is 2.30 bits per heavy atom. The van der Waals surface area contributed by atoms with Crippen molar-refractivity contribution >= 4 is 19.3 Å². The van der Waals surface area contributed by atoms with Gasteiger partial charge in [-0.15, -0.1) is 0 Å². The average molecular weight is 350 g/mol. The average Bonchev–Trinajstić information content (AvgIpc) is 2.96. The predicted molar refractivity (Wildman–Crippen MR) is 85.0 cm³/mol. The SMILES string of the molecule is CCC(C1CCCO1)P(=O)(O)C(CC)C(CCC(=O)O)C(=O)O. The first kappa shape index (κ1) is 20.1. The van der Waals surface area contributed by atoms with E-state index in [0.717, 1.165) is 6.42 Å². The van der Waals surface area contributed by atoms with Crippen LogP contribution in [0.3, 0.4) is 0 Å². The van der Waals surface area contributed by atoms with Crippen molar-refractivity contribution in [1.82, 2.24) is 0 Å². The lowest BCUT2D eigenvalue weighted by Crippen LogP contribution is -2.35. The van der Waals surface area contributed by atoms with Crippen LogP contribution in [0.5, 0.6) is 0 Å². The van der Waals surface area contributed by atoms with E-state index in [0.29, 0.717) is 19.4 Å². The van der Waals surface area contributed by atoms with E-state index >= 15 is 0 Å². The van der Waals surface area contributed by atoms with Gasteiger partial charge < -0.3 is 19.8 Å². The number of carbonyl (C=O) groups is 2. The van der Waals surface area contributed by atoms with Crippen LogP contribution in [-0.2, 0) is 18.9 Å². The molecule has 1 fully saturated rings. The summed E-state index contributed by atoms with van der Waals surface area (Å²) in [5, 5.41) is 18.2. The highest BCUT2D eigenvalue weighted by Gasteiger charge is 2.47. The monoisotopic (exact) mass is 350 g/mol. The van der Waals surface area contributed by atoms with Crippen molar-refractivity contribution < 1.29 is 34.0 Å². The zero-order valence-corrected chi connectivity index (χ0v) is 14.6. The molecule has 0 aromatic rings. The van der Waals surface area contributed by atoms with Gasteiger partial charge in [0, 0.05) is 18.7 Å². The van der Waals surface area contributed by atoms with Gasteiger partial charge in [-0.1, -0.05) is 13.8 Å². The summed E-state index contributed by atoms with van der Waals surface area (Å²) in [6, 6.07) is 0. The maximum Gasteiger partial charge on any atom is 0.307 e. The van der Waals surface area contributed by atoms with Gasteiger partial charge in [0.25, 0.3) is 0 Å². The largest absolute Gasteiger partial charge is 0.481 e. The Kier molecular flexibility index (Phi) is 7.71. The molecule has 1 aliphatic heterocycles. The minimum absolute atomic E-state index is 0.143. The van der Waals surface area contributed by atoms with Crippen LogP contribution in [0.25, 0.3) is 0 Å². The summed E-state index contributed by atoms with van der Waals surface area (Å²) in [7, 11) is -3.83. The highest BCUT2D eigenvalue weighted by Crippen LogP contribution is 2.59. The first-order valence-electron chi connectivity index (χ1n) is 8.13. The quantitative estimate of drug-likeness (QED) is 0.518. The van der Waals surface area contributed by atoms with Crippen LogP contribution in [0.15, 0.2) is 0 Å². The Bertz CT molecular complexity index is 459. The number of aliphatic carboxylic acids is 2. The minimum Gasteiger partial charge on any atom is -0.481 e. The van der Waals surface area contributed by atoms with Crippen LogP contribution in [0, 0.1) is 5.92 Å². The summed E-state index contributed by atoms with van der Waals surface area (Å²) in [5.74, 6) is -3.46. The van der Waals surface area contributed by atoms with Crippen LogP contribution >= 0.6 is 7.37 Å². The number of ether oxygens (including phenoxy) is 1. The molecule has 0 saturated carbocycles. The summed E-state index contributed by atoms with van der Waals surface area (Å²) < 4.78 is 18.7. The maximum absolute atomic E-state index is 13.1. The Balaban J connectivity index is 3.03. The van der Waals surface area contributed by atoms with Crippen molar-refractivity contribution in [3.8, 4) is 0 Å². The number of hydrogen-bond acceptors (Lipinski definition) is 4. The topological polar surface area (TPSA) is 121 Å². The van der Waals surface area contributed by atoms with Crippen LogP contribution < -0.4 is 0 Å². The van der Waals surface area contributed by atoms with Crippen molar-refractivity contribution in [3.05, 3.63) is 0 Å². The van der Waals surface area contributed by atoms with E-state index in [1.165, 1.54) is 0 Å². The molecule has 1 aliphatic rings. The molecule has 0 aliphatic carbocycles. The van der Waals surface area contributed by atoms with E-state index < -0.39 is 36.5 Å². The molecule has 5 atom stereocenters. The molecule has 8 heteroatoms. The second kappa shape index (κ2) is 8.81. The molecule has 0 aromatic heterocycles. The molecule has 0 amide bonds. The third kappa shape index (κ3) is 5.03. The Morgan fingerprint density at radius 2 is 1.91 bits per heavy atom. The molecular formula is C15H27O7P. The Morgan fingerprint density at radius 1 is 1.26 bits per heavy atom. The van der Waals surface area contributed by atoms with Crippen LogP contribution in [0.1, 0.15) is 52.4 Å². The summed E-state index contributed by atoms with van der Waals surface area (Å²) in [4.78, 5) is 33.0. The molecule has 1 rings (SSSR count). The van der Waals surface area contributed by atoms with E-state index in [1.807, 2.05) is 0 Å². The van der Waals surface area contributed by atoms with Gasteiger partial charge in [-0.05, 0) is 32.1 Å². The van der Waals surface area contributed by atoms with Gasteiger partial charge >= 0.3 is 11.9 Å². The first-order valence-corrected chi connectivity index (χ1v) is 9.93. The van der Waals surface area contributed by atoms with Crippen LogP contribution in [0.2, 0.25) is 0 Å². The molecule has 23 heavy (non-hydrogen) atoms. The van der Waals surface area contributed by atoms with Gasteiger partial charge in [0.2, 0.25) is 7.37 Å². The fourth-order valence-electron chi connectivity index (χ4n) is 3.48. The summed E-state index contributed by atoms with van der Waals surface area (Å²) in [6.45, 7) is 4.03. The number of hydrogen-bond donors (Lipinski definition) is 3. The van der Waals surface area contributed by atoms with Crippen molar-refractivity contribution in [3.63, 3.8) is 0 Å². The van der Waals surface area contributed by atoms with E-state index in [2.05, 4.69) is 0 Å². The van der Waals surface area contributed by atoms with Gasteiger partial charge in [0.1, 0.15) is 0 Å². The molecule has 0 bridgehead atoms. The Labute approximate surface area is 136 Å². The number of rotatable bonds is 10. The van der Waals surface area contributed by atoms with Crippen molar-refractivity contribution in [1.29, 1.82) is 0 Å². The van der Waals surface area contributed by atoms with Crippen LogP contribution in [-0.4, -0.2) is 51.1 Å². The van der Waals surface area contributed by atoms with Gasteiger partial charge in [0.15, 0.2) is 0 Å². The van der Waals surface area contributed by atoms with Gasteiger partial charge in [-0.3, -0.25) is 14.2 Å². The third-order valence-corrected chi connectivity index (χ3v) is 7.96. The second-order valence-electron chi connectivity index (χ2n) is 6.05. The molecule has 7 nitrogen and oxygen atoms in total. The van der Waals surface area contributed by atoms with Crippen LogP contribution in [0.4, 0.5) is 0 Å². The fourth-order valence-corrected chi connectivity index (χ4v) is 6.52. The first-order chi connectivity index (χ1) is 10.8. The lowest BCUT2D eigenvalue weighted by atomic mass is 9.97. The highest BCUT2D eigenvalue weighted by atomic mass is 31.2. The zero-order valence-electron chi connectivity index (χ0n) is 13.7. The van der Waals surface area contributed by atoms with E-state index in [1.54, 1.807) is 13.8 Å². The molecule has 1 saturated heterocycles. The molecular weight excluding hydrogens is 323 g/mol. The summed E-state index contributed by atoms with van der Waals surface area (Å²) in [5.41, 5.74) is -1.55. The van der Waals surface area contributed by atoms with E-state index in [9.17, 15) is 24.2 Å². The lowest BCUT2D eigenvalue weighted by molar-refractivity contribution is -0.143. The normalized spacial score (nSPS) is 24.6. The second-order valence-corrected chi connectivity index (χ2v) is 8.72. The smallest absolute Gasteiger partial charge is 0.307 e. The van der Waals surface area contributed by atoms with Gasteiger partial charge in [-0.2, -0.15) is 0 Å². The van der Waals surface area contributed by atoms with Crippen molar-refractivity contribution in [2.75, 3.05) is 6.61 Å².